The minimum atomic E-state index is -4.45. The van der Waals surface area contributed by atoms with E-state index in [-0.39, 0.29) is 12.0 Å². The zero-order valence-corrected chi connectivity index (χ0v) is 14.6. The van der Waals surface area contributed by atoms with Crippen molar-refractivity contribution in [3.8, 4) is 5.88 Å². The maximum absolute atomic E-state index is 12.7. The second-order valence-corrected chi connectivity index (χ2v) is 6.07. The number of pyridine rings is 1. The zero-order valence-electron chi connectivity index (χ0n) is 14.6. The molecule has 0 amide bonds. The van der Waals surface area contributed by atoms with Crippen LogP contribution in [0.3, 0.4) is 0 Å². The van der Waals surface area contributed by atoms with E-state index >= 15 is 0 Å². The van der Waals surface area contributed by atoms with Gasteiger partial charge in [-0.15, -0.1) is 0 Å². The Morgan fingerprint density at radius 2 is 1.88 bits per heavy atom. The number of rotatable bonds is 4. The quantitative estimate of drug-likeness (QED) is 0.886. The summed E-state index contributed by atoms with van der Waals surface area (Å²) in [6.07, 6.45) is 0.574. The van der Waals surface area contributed by atoms with Gasteiger partial charge in [-0.3, -0.25) is 0 Å². The Bertz CT molecular complexity index is 553. The summed E-state index contributed by atoms with van der Waals surface area (Å²) in [7, 11) is 0. The molecule has 1 saturated carbocycles. The van der Waals surface area contributed by atoms with E-state index in [4.69, 9.17) is 14.6 Å². The largest absolute Gasteiger partial charge is 0.550 e. The molecule has 3 N–H and O–H groups in total. The maximum Gasteiger partial charge on any atom is 0.433 e. The molecule has 1 heterocycles. The molecule has 1 aromatic rings. The fourth-order valence-electron chi connectivity index (χ4n) is 2.74. The summed E-state index contributed by atoms with van der Waals surface area (Å²) >= 11 is 0. The fraction of sp³-hybridized carbons (Fsp3) is 0.647. The number of hydrogen-bond donors (Lipinski definition) is 1. The van der Waals surface area contributed by atoms with E-state index < -0.39 is 17.8 Å². The lowest BCUT2D eigenvalue weighted by molar-refractivity contribution is -0.386. The highest BCUT2D eigenvalue weighted by molar-refractivity contribution is 5.60. The van der Waals surface area contributed by atoms with Crippen LogP contribution in [0.25, 0.3) is 0 Å². The van der Waals surface area contributed by atoms with Crippen molar-refractivity contribution in [2.75, 3.05) is 0 Å². The van der Waals surface area contributed by atoms with Gasteiger partial charge in [0.2, 0.25) is 5.88 Å². The molecule has 142 valence electrons. The molecule has 2 rings (SSSR count). The number of quaternary nitrogens is 1. The Hall–Kier alpha value is -1.83. The average molecular weight is 362 g/mol. The van der Waals surface area contributed by atoms with Gasteiger partial charge in [0.15, 0.2) is 0 Å². The van der Waals surface area contributed by atoms with E-state index in [1.54, 1.807) is 0 Å². The molecule has 1 aliphatic rings. The highest BCUT2D eigenvalue weighted by atomic mass is 19.4. The summed E-state index contributed by atoms with van der Waals surface area (Å²) in [5, 5.41) is 8.89. The fourth-order valence-corrected chi connectivity index (χ4v) is 2.74. The van der Waals surface area contributed by atoms with Crippen LogP contribution in [0, 0.1) is 5.92 Å². The number of carboxylic acid groups (broad SMARTS) is 1. The van der Waals surface area contributed by atoms with Gasteiger partial charge < -0.3 is 20.4 Å². The molecule has 0 atom stereocenters. The lowest BCUT2D eigenvalue weighted by Gasteiger charge is -2.28. The third-order valence-electron chi connectivity index (χ3n) is 4.15. The second kappa shape index (κ2) is 9.60. The zero-order chi connectivity index (χ0) is 19.0. The maximum atomic E-state index is 12.7. The van der Waals surface area contributed by atoms with E-state index in [0.717, 1.165) is 45.1 Å². The van der Waals surface area contributed by atoms with Gasteiger partial charge in [0.25, 0.3) is 0 Å². The summed E-state index contributed by atoms with van der Waals surface area (Å²) in [5.74, 6) is -0.272. The number of aromatic nitrogens is 1. The molecule has 0 saturated heterocycles. The number of hydrogen-bond acceptors (Lipinski definition) is 4. The van der Waals surface area contributed by atoms with Crippen LogP contribution < -0.4 is 15.6 Å². The molecule has 0 aliphatic heterocycles. The van der Waals surface area contributed by atoms with Gasteiger partial charge in [0.1, 0.15) is 18.3 Å². The SMILES string of the molecule is CC(=O)[O-].CCC1CCC(Oc2nc(C(F)(F)F)ccc2C[NH3+])CC1. The smallest absolute Gasteiger partial charge is 0.433 e. The molecular weight excluding hydrogens is 337 g/mol. The van der Waals surface area contributed by atoms with Crippen molar-refractivity contribution >= 4 is 5.97 Å². The van der Waals surface area contributed by atoms with E-state index in [9.17, 15) is 13.2 Å². The molecule has 0 spiro atoms. The molecule has 0 radical (unpaired) electrons. The Kier molecular flexibility index (Phi) is 8.15. The number of carbonyl (C=O) groups excluding carboxylic acids is 1. The molecule has 0 aromatic carbocycles. The summed E-state index contributed by atoms with van der Waals surface area (Å²) in [5.41, 5.74) is 3.45. The van der Waals surface area contributed by atoms with Crippen LogP contribution in [0.4, 0.5) is 13.2 Å². The first-order valence-corrected chi connectivity index (χ1v) is 8.37. The molecule has 1 aromatic heterocycles. The summed E-state index contributed by atoms with van der Waals surface area (Å²) in [6, 6.07) is 2.40. The number of halogens is 3. The van der Waals surface area contributed by atoms with Crippen LogP contribution in [0.1, 0.15) is 57.2 Å². The molecule has 5 nitrogen and oxygen atoms in total. The minimum Gasteiger partial charge on any atom is -0.550 e. The Morgan fingerprint density at radius 3 is 2.32 bits per heavy atom. The predicted molar refractivity (Wildman–Crippen MR) is 83.2 cm³/mol. The summed E-state index contributed by atoms with van der Waals surface area (Å²) < 4.78 is 44.0. The monoisotopic (exact) mass is 362 g/mol. The van der Waals surface area contributed by atoms with Gasteiger partial charge in [0.05, 0.1) is 5.56 Å². The van der Waals surface area contributed by atoms with Crippen molar-refractivity contribution < 1.29 is 33.5 Å². The lowest BCUT2D eigenvalue weighted by atomic mass is 9.86. The van der Waals surface area contributed by atoms with E-state index in [0.29, 0.717) is 18.0 Å². The van der Waals surface area contributed by atoms with Gasteiger partial charge >= 0.3 is 6.18 Å². The second-order valence-electron chi connectivity index (χ2n) is 6.07. The number of alkyl halides is 3. The van der Waals surface area contributed by atoms with Crippen LogP contribution in [0.15, 0.2) is 12.1 Å². The van der Waals surface area contributed by atoms with Crippen LogP contribution in [0.5, 0.6) is 5.88 Å². The highest BCUT2D eigenvalue weighted by Crippen LogP contribution is 2.33. The number of aliphatic carboxylic acids is 1. The molecule has 1 fully saturated rings. The molecular formula is C17H25F3N2O3. The Balaban J connectivity index is 0.000000705. The van der Waals surface area contributed by atoms with Crippen molar-refractivity contribution in [3.05, 3.63) is 23.4 Å². The Morgan fingerprint density at radius 1 is 1.32 bits per heavy atom. The van der Waals surface area contributed by atoms with Crippen LogP contribution in [-0.4, -0.2) is 17.1 Å². The molecule has 1 aliphatic carbocycles. The first kappa shape index (κ1) is 21.2. The molecule has 8 heteroatoms. The van der Waals surface area contributed by atoms with E-state index in [1.807, 2.05) is 0 Å². The third kappa shape index (κ3) is 7.29. The van der Waals surface area contributed by atoms with E-state index in [2.05, 4.69) is 17.6 Å². The standard InChI is InChI=1S/C15H21F3N2O.C2H4O2/c1-2-10-3-6-12(7-4-10)21-14-11(9-19)5-8-13(20-14)15(16,17)18;1-2(3)4/h5,8,10,12H,2-4,6-7,9,19H2,1H3;1H3,(H,3,4). The normalized spacial score (nSPS) is 20.4. The first-order chi connectivity index (χ1) is 11.7. The first-order valence-electron chi connectivity index (χ1n) is 8.37. The minimum absolute atomic E-state index is 0.0333. The van der Waals surface area contributed by atoms with Gasteiger partial charge in [-0.1, -0.05) is 13.3 Å². The van der Waals surface area contributed by atoms with E-state index in [1.165, 1.54) is 6.07 Å². The van der Waals surface area contributed by atoms with Crippen molar-refractivity contribution in [2.45, 2.75) is 64.8 Å². The number of nitrogens with zero attached hydrogens (tertiary/aromatic N) is 1. The van der Waals surface area contributed by atoms with Crippen LogP contribution >= 0.6 is 0 Å². The van der Waals surface area contributed by atoms with Gasteiger partial charge in [-0.25, -0.2) is 4.98 Å². The highest BCUT2D eigenvalue weighted by Gasteiger charge is 2.34. The van der Waals surface area contributed by atoms with Gasteiger partial charge in [-0.2, -0.15) is 13.2 Å². The van der Waals surface area contributed by atoms with Gasteiger partial charge in [-0.05, 0) is 50.7 Å². The third-order valence-corrected chi connectivity index (χ3v) is 4.15. The Labute approximate surface area is 145 Å². The number of carboxylic acids is 1. The number of ether oxygens (including phenoxy) is 1. The molecule has 0 unspecified atom stereocenters. The van der Waals surface area contributed by atoms with Crippen LogP contribution in [0.2, 0.25) is 0 Å². The number of carbonyl (C=O) groups is 1. The molecule has 25 heavy (non-hydrogen) atoms. The predicted octanol–water partition coefficient (Wildman–Crippen LogP) is 1.95. The van der Waals surface area contributed by atoms with Crippen molar-refractivity contribution in [3.63, 3.8) is 0 Å². The average Bonchev–Trinajstić information content (AvgIpc) is 2.54. The summed E-state index contributed by atoms with van der Waals surface area (Å²) in [6.45, 7) is 3.51. The van der Waals surface area contributed by atoms with Crippen molar-refractivity contribution in [1.29, 1.82) is 0 Å². The van der Waals surface area contributed by atoms with Crippen molar-refractivity contribution in [2.24, 2.45) is 5.92 Å². The topological polar surface area (TPSA) is 89.9 Å². The van der Waals surface area contributed by atoms with Crippen LogP contribution in [-0.2, 0) is 17.5 Å². The van der Waals surface area contributed by atoms with Gasteiger partial charge in [0, 0.05) is 5.97 Å². The van der Waals surface area contributed by atoms with Crippen molar-refractivity contribution in [1.82, 2.24) is 4.98 Å². The molecule has 0 bridgehead atoms. The lowest BCUT2D eigenvalue weighted by Crippen LogP contribution is -2.47. The summed E-state index contributed by atoms with van der Waals surface area (Å²) in [4.78, 5) is 12.5.